The molecule has 0 saturated carbocycles. The Morgan fingerprint density at radius 3 is 2.30 bits per heavy atom. The normalized spacial score (nSPS) is 21.5. The fourth-order valence-corrected chi connectivity index (χ4v) is 4.81. The number of nitrogens with zero attached hydrogens (tertiary/aromatic N) is 2. The molecule has 0 radical (unpaired) electrons. The first kappa shape index (κ1) is 29.6. The number of aryl methyl sites for hydroxylation is 1. The summed E-state index contributed by atoms with van der Waals surface area (Å²) in [6.07, 6.45) is -11.4. The van der Waals surface area contributed by atoms with E-state index < -0.39 is 82.5 Å². The van der Waals surface area contributed by atoms with E-state index in [0.717, 1.165) is 12.1 Å². The lowest BCUT2D eigenvalue weighted by Crippen LogP contribution is -2.44. The van der Waals surface area contributed by atoms with Crippen LogP contribution in [0.2, 0.25) is 10.0 Å². The number of imide groups is 1. The molecule has 2 heterocycles. The van der Waals surface area contributed by atoms with Gasteiger partial charge in [-0.1, -0.05) is 34.4 Å². The highest BCUT2D eigenvalue weighted by molar-refractivity contribution is 6.35. The third-order valence-electron chi connectivity index (χ3n) is 6.33. The Kier molecular flexibility index (Phi) is 7.56. The predicted molar refractivity (Wildman–Crippen MR) is 126 cm³/mol. The number of alkyl halides is 6. The molecule has 2 aliphatic heterocycles. The standard InChI is InChI=1S/C24H16Cl2F7N3O4/c1-10-4-11(2-3-13(10)20(38)34-16-7-18(37)36(21(16)39)9-23(28,29)30)17-8-22(40-35-17,24(31,32)33)12-5-14(25)19(27)15(26)6-12/h2-6,16H,7-9H2,1H3,(H,34,38)/t16-,22?/m1/s1. The fraction of sp³-hybridized carbons (Fsp3) is 0.333. The van der Waals surface area contributed by atoms with Gasteiger partial charge in [-0.3, -0.25) is 19.3 Å². The van der Waals surface area contributed by atoms with E-state index in [1.165, 1.54) is 25.1 Å². The SMILES string of the molecule is Cc1cc(C2=NOC(c3cc(Cl)c(F)c(Cl)c3)(C(F)(F)F)C2)ccc1C(=O)N[C@@H]1CC(=O)N(CC(F)(F)F)C1=O. The molecule has 2 atom stereocenters. The van der Waals surface area contributed by atoms with Crippen LogP contribution >= 0.6 is 23.2 Å². The molecule has 1 fully saturated rings. The van der Waals surface area contributed by atoms with E-state index >= 15 is 0 Å². The molecule has 4 rings (SSSR count). The quantitative estimate of drug-likeness (QED) is 0.276. The van der Waals surface area contributed by atoms with Gasteiger partial charge in [0.05, 0.1) is 22.2 Å². The molecular weight excluding hydrogens is 598 g/mol. The van der Waals surface area contributed by atoms with Crippen LogP contribution in [0.5, 0.6) is 0 Å². The number of nitrogens with one attached hydrogen (secondary N) is 1. The fourth-order valence-electron chi connectivity index (χ4n) is 4.32. The Hall–Kier alpha value is -3.39. The number of carbonyl (C=O) groups is 3. The van der Waals surface area contributed by atoms with Crippen molar-refractivity contribution in [1.82, 2.24) is 10.2 Å². The lowest BCUT2D eigenvalue weighted by atomic mass is 9.86. The van der Waals surface area contributed by atoms with E-state index in [-0.39, 0.29) is 27.3 Å². The maximum absolute atomic E-state index is 14.2. The highest BCUT2D eigenvalue weighted by atomic mass is 35.5. The van der Waals surface area contributed by atoms with Gasteiger partial charge >= 0.3 is 12.4 Å². The number of benzene rings is 2. The Morgan fingerprint density at radius 2 is 1.75 bits per heavy atom. The monoisotopic (exact) mass is 613 g/mol. The van der Waals surface area contributed by atoms with Gasteiger partial charge in [-0.05, 0) is 42.3 Å². The Bertz CT molecular complexity index is 1420. The van der Waals surface area contributed by atoms with Crippen molar-refractivity contribution in [1.29, 1.82) is 0 Å². The van der Waals surface area contributed by atoms with Crippen LogP contribution in [0.15, 0.2) is 35.5 Å². The molecule has 1 N–H and O–H groups in total. The molecule has 214 valence electrons. The first-order valence-corrected chi connectivity index (χ1v) is 12.0. The highest BCUT2D eigenvalue weighted by Crippen LogP contribution is 2.50. The number of likely N-dealkylation sites (tertiary alicyclic amines) is 1. The van der Waals surface area contributed by atoms with Gasteiger partial charge in [0.2, 0.25) is 5.91 Å². The van der Waals surface area contributed by atoms with Crippen LogP contribution in [0.4, 0.5) is 30.7 Å². The minimum absolute atomic E-state index is 0.00747. The predicted octanol–water partition coefficient (Wildman–Crippen LogP) is 5.44. The molecule has 3 amide bonds. The first-order chi connectivity index (χ1) is 18.4. The van der Waals surface area contributed by atoms with Crippen molar-refractivity contribution < 1.29 is 50.0 Å². The molecule has 0 spiro atoms. The number of amides is 3. The molecule has 7 nitrogen and oxygen atoms in total. The summed E-state index contributed by atoms with van der Waals surface area (Å²) in [5.41, 5.74) is -3.52. The van der Waals surface area contributed by atoms with Gasteiger partial charge in [0, 0.05) is 17.5 Å². The molecule has 40 heavy (non-hydrogen) atoms. The molecule has 2 aliphatic rings. The average Bonchev–Trinajstić information content (AvgIpc) is 3.40. The summed E-state index contributed by atoms with van der Waals surface area (Å²) in [4.78, 5) is 41.7. The lowest BCUT2D eigenvalue weighted by molar-refractivity contribution is -0.275. The minimum Gasteiger partial charge on any atom is -0.374 e. The molecule has 2 aromatic rings. The number of carbonyl (C=O) groups excluding carboxylic acids is 3. The van der Waals surface area contributed by atoms with Crippen molar-refractivity contribution in [3.8, 4) is 0 Å². The molecule has 1 unspecified atom stereocenters. The largest absolute Gasteiger partial charge is 0.435 e. The van der Waals surface area contributed by atoms with Crippen LogP contribution in [-0.2, 0) is 20.0 Å². The summed E-state index contributed by atoms with van der Waals surface area (Å²) >= 11 is 11.4. The van der Waals surface area contributed by atoms with Crippen molar-refractivity contribution in [2.75, 3.05) is 6.54 Å². The summed E-state index contributed by atoms with van der Waals surface area (Å²) in [5.74, 6) is -4.32. The number of hydrogen-bond donors (Lipinski definition) is 1. The minimum atomic E-state index is -5.04. The van der Waals surface area contributed by atoms with E-state index in [2.05, 4.69) is 10.5 Å². The molecule has 2 aromatic carbocycles. The topological polar surface area (TPSA) is 88.1 Å². The highest BCUT2D eigenvalue weighted by Gasteiger charge is 2.62. The molecule has 0 aromatic heterocycles. The zero-order valence-electron chi connectivity index (χ0n) is 20.0. The Labute approximate surface area is 230 Å². The number of rotatable bonds is 5. The van der Waals surface area contributed by atoms with Gasteiger partial charge in [0.1, 0.15) is 12.6 Å². The van der Waals surface area contributed by atoms with Crippen LogP contribution in [0.1, 0.15) is 39.9 Å². The van der Waals surface area contributed by atoms with Crippen LogP contribution in [0.25, 0.3) is 0 Å². The number of hydrogen-bond acceptors (Lipinski definition) is 5. The van der Waals surface area contributed by atoms with E-state index in [1.807, 2.05) is 0 Å². The Balaban J connectivity index is 1.54. The van der Waals surface area contributed by atoms with Gasteiger partial charge in [0.15, 0.2) is 5.82 Å². The summed E-state index contributed by atoms with van der Waals surface area (Å²) in [6.45, 7) is -0.367. The van der Waals surface area contributed by atoms with Gasteiger partial charge < -0.3 is 10.2 Å². The third kappa shape index (κ3) is 5.46. The van der Waals surface area contributed by atoms with Crippen molar-refractivity contribution >= 4 is 46.6 Å². The van der Waals surface area contributed by atoms with Gasteiger partial charge in [-0.25, -0.2) is 4.39 Å². The molecule has 0 aliphatic carbocycles. The summed E-state index contributed by atoms with van der Waals surface area (Å²) in [6, 6.07) is 3.72. The maximum Gasteiger partial charge on any atom is 0.435 e. The zero-order chi connectivity index (χ0) is 29.8. The van der Waals surface area contributed by atoms with E-state index in [9.17, 15) is 45.1 Å². The molecule has 16 heteroatoms. The van der Waals surface area contributed by atoms with Crippen LogP contribution < -0.4 is 5.32 Å². The van der Waals surface area contributed by atoms with Crippen molar-refractivity contribution in [3.05, 3.63) is 68.4 Å². The molecular formula is C24H16Cl2F7N3O4. The van der Waals surface area contributed by atoms with Crippen LogP contribution in [0, 0.1) is 12.7 Å². The second-order valence-electron chi connectivity index (χ2n) is 9.08. The number of halogens is 9. The van der Waals surface area contributed by atoms with Gasteiger partial charge in [-0.2, -0.15) is 26.3 Å². The first-order valence-electron chi connectivity index (χ1n) is 11.2. The smallest absolute Gasteiger partial charge is 0.374 e. The van der Waals surface area contributed by atoms with Gasteiger partial charge in [0.25, 0.3) is 17.4 Å². The van der Waals surface area contributed by atoms with Crippen molar-refractivity contribution in [3.63, 3.8) is 0 Å². The van der Waals surface area contributed by atoms with E-state index in [4.69, 9.17) is 28.0 Å². The molecule has 1 saturated heterocycles. The Morgan fingerprint density at radius 1 is 1.12 bits per heavy atom. The summed E-state index contributed by atoms with van der Waals surface area (Å²) in [5, 5.41) is 4.48. The summed E-state index contributed by atoms with van der Waals surface area (Å²) in [7, 11) is 0. The van der Waals surface area contributed by atoms with Gasteiger partial charge in [-0.15, -0.1) is 0 Å². The average molecular weight is 614 g/mol. The third-order valence-corrected chi connectivity index (χ3v) is 6.88. The van der Waals surface area contributed by atoms with E-state index in [1.54, 1.807) is 0 Å². The van der Waals surface area contributed by atoms with Crippen molar-refractivity contribution in [2.24, 2.45) is 5.16 Å². The van der Waals surface area contributed by atoms with E-state index in [0.29, 0.717) is 0 Å². The molecule has 0 bridgehead atoms. The maximum atomic E-state index is 14.2. The van der Waals surface area contributed by atoms with Crippen LogP contribution in [-0.4, -0.2) is 53.3 Å². The van der Waals surface area contributed by atoms with Crippen LogP contribution in [0.3, 0.4) is 0 Å². The zero-order valence-corrected chi connectivity index (χ0v) is 21.5. The lowest BCUT2D eigenvalue weighted by Gasteiger charge is -2.29. The second kappa shape index (κ2) is 10.2. The van der Waals surface area contributed by atoms with Crippen molar-refractivity contribution in [2.45, 2.75) is 43.8 Å². The summed E-state index contributed by atoms with van der Waals surface area (Å²) < 4.78 is 94.5. The second-order valence-corrected chi connectivity index (χ2v) is 9.89. The number of oxime groups is 1.